The molecule has 2 aromatic heterocycles. The molecule has 4 heteroatoms. The van der Waals surface area contributed by atoms with Crippen LogP contribution in [-0.4, -0.2) is 15.0 Å². The summed E-state index contributed by atoms with van der Waals surface area (Å²) < 4.78 is 0. The maximum atomic E-state index is 5.41. The molecule has 0 saturated heterocycles. The molecule has 2 aliphatic carbocycles. The summed E-state index contributed by atoms with van der Waals surface area (Å²) in [5.41, 5.74) is 21.6. The highest BCUT2D eigenvalue weighted by Crippen LogP contribution is 2.63. The van der Waals surface area contributed by atoms with Gasteiger partial charge in [0.1, 0.15) is 0 Å². The SMILES string of the molecule is CC1(C)c2ccccc2-c2cc3c(cc21)Sc1ccccc1C31c2ccccc2-c2ccccc2-c2ccc(-c3cc(-c4ccc(-c5cccnc5)cc4)nc(-c4ccccc4)n3)cc21. The Morgan fingerprint density at radius 1 is 0.354 bits per heavy atom. The molecule has 0 radical (unpaired) electrons. The van der Waals surface area contributed by atoms with E-state index in [0.717, 1.165) is 39.2 Å². The first-order chi connectivity index (χ1) is 32.0. The Kier molecular flexibility index (Phi) is 8.41. The largest absolute Gasteiger partial charge is 0.264 e. The van der Waals surface area contributed by atoms with Crippen LogP contribution in [0, 0.1) is 0 Å². The number of hydrogen-bond donors (Lipinski definition) is 0. The minimum absolute atomic E-state index is 0.130. The molecule has 0 fully saturated rings. The van der Waals surface area contributed by atoms with E-state index in [1.165, 1.54) is 76.6 Å². The van der Waals surface area contributed by atoms with Crippen molar-refractivity contribution < 1.29 is 0 Å². The minimum atomic E-state index is -0.685. The highest BCUT2D eigenvalue weighted by Gasteiger charge is 2.50. The Hall–Kier alpha value is -7.66. The molecule has 65 heavy (non-hydrogen) atoms. The molecule has 1 unspecified atom stereocenters. The first-order valence-corrected chi connectivity index (χ1v) is 23.1. The minimum Gasteiger partial charge on any atom is -0.264 e. The normalized spacial score (nSPS) is 15.7. The van der Waals surface area contributed by atoms with Crippen molar-refractivity contribution in [3.8, 4) is 78.4 Å². The number of rotatable bonds is 4. The van der Waals surface area contributed by atoms with Crippen LogP contribution in [0.5, 0.6) is 0 Å². The summed E-state index contributed by atoms with van der Waals surface area (Å²) in [6.45, 7) is 4.77. The van der Waals surface area contributed by atoms with E-state index in [9.17, 15) is 0 Å². The van der Waals surface area contributed by atoms with Gasteiger partial charge in [-0.2, -0.15) is 0 Å². The quantitative estimate of drug-likeness (QED) is 0.177. The van der Waals surface area contributed by atoms with E-state index in [4.69, 9.17) is 9.97 Å². The van der Waals surface area contributed by atoms with Crippen LogP contribution in [0.25, 0.3) is 78.4 Å². The third-order valence-electron chi connectivity index (χ3n) is 14.1. The van der Waals surface area contributed by atoms with Crippen LogP contribution in [0.3, 0.4) is 0 Å². The summed E-state index contributed by atoms with van der Waals surface area (Å²) in [6.07, 6.45) is 3.71. The zero-order valence-electron chi connectivity index (χ0n) is 36.0. The van der Waals surface area contributed by atoms with Gasteiger partial charge in [-0.15, -0.1) is 0 Å². The third-order valence-corrected chi connectivity index (χ3v) is 15.2. The second-order valence-corrected chi connectivity index (χ2v) is 19.0. The monoisotopic (exact) mass is 847 g/mol. The molecule has 0 N–H and O–H groups in total. The lowest BCUT2D eigenvalue weighted by molar-refractivity contribution is 0.653. The van der Waals surface area contributed by atoms with Gasteiger partial charge in [0.15, 0.2) is 5.82 Å². The maximum Gasteiger partial charge on any atom is 0.160 e. The van der Waals surface area contributed by atoms with Crippen molar-refractivity contribution in [3.63, 3.8) is 0 Å². The Morgan fingerprint density at radius 2 is 0.938 bits per heavy atom. The van der Waals surface area contributed by atoms with E-state index in [-0.39, 0.29) is 5.41 Å². The maximum absolute atomic E-state index is 5.41. The van der Waals surface area contributed by atoms with Crippen LogP contribution >= 0.6 is 11.8 Å². The molecule has 0 amide bonds. The number of fused-ring (bicyclic) bond motifs is 14. The molecule has 0 bridgehead atoms. The lowest BCUT2D eigenvalue weighted by atomic mass is 9.62. The van der Waals surface area contributed by atoms with Gasteiger partial charge in [0.05, 0.1) is 16.8 Å². The fourth-order valence-electron chi connectivity index (χ4n) is 11.0. The van der Waals surface area contributed by atoms with E-state index >= 15 is 0 Å². The highest BCUT2D eigenvalue weighted by molar-refractivity contribution is 7.99. The van der Waals surface area contributed by atoms with Crippen LogP contribution in [0.2, 0.25) is 0 Å². The molecule has 3 heterocycles. The average Bonchev–Trinajstić information content (AvgIpc) is 3.53. The van der Waals surface area contributed by atoms with Crippen LogP contribution in [0.1, 0.15) is 47.2 Å². The average molecular weight is 848 g/mol. The lowest BCUT2D eigenvalue weighted by Crippen LogP contribution is -2.35. The predicted octanol–water partition coefficient (Wildman–Crippen LogP) is 15.3. The molecule has 1 atom stereocenters. The zero-order chi connectivity index (χ0) is 43.3. The Labute approximate surface area is 383 Å². The summed E-state index contributed by atoms with van der Waals surface area (Å²) in [5.74, 6) is 0.691. The van der Waals surface area contributed by atoms with Crippen LogP contribution in [-0.2, 0) is 10.8 Å². The molecular formula is C61H41N3S. The number of aromatic nitrogens is 3. The highest BCUT2D eigenvalue weighted by atomic mass is 32.2. The number of hydrogen-bond acceptors (Lipinski definition) is 4. The molecule has 3 aliphatic rings. The molecule has 1 aliphatic heterocycles. The summed E-state index contributed by atoms with van der Waals surface area (Å²) in [4.78, 5) is 17.6. The van der Waals surface area contributed by atoms with E-state index in [1.54, 1.807) is 0 Å². The van der Waals surface area contributed by atoms with Gasteiger partial charge in [0.2, 0.25) is 0 Å². The van der Waals surface area contributed by atoms with E-state index in [0.29, 0.717) is 5.82 Å². The Balaban J connectivity index is 1.11. The van der Waals surface area contributed by atoms with Gasteiger partial charge in [0, 0.05) is 44.3 Å². The number of nitrogens with zero attached hydrogens (tertiary/aromatic N) is 3. The van der Waals surface area contributed by atoms with Gasteiger partial charge in [-0.1, -0.05) is 189 Å². The number of benzene rings is 8. The topological polar surface area (TPSA) is 38.7 Å². The molecule has 10 aromatic rings. The molecule has 13 rings (SSSR count). The van der Waals surface area contributed by atoms with Gasteiger partial charge in [-0.25, -0.2) is 9.97 Å². The van der Waals surface area contributed by atoms with Crippen molar-refractivity contribution in [2.45, 2.75) is 34.5 Å². The third kappa shape index (κ3) is 5.67. The standard InChI is InChI=1S/C61H41N3S/c1-60(2)49-22-10-8-21-46(49)48-34-54-58(35-52(48)60)65-57-25-13-12-24-51(57)61(54)50-23-11-9-20-45(50)43-18-6-7-19-44(43)47-31-30-41(33-53(47)61)56-36-55(63-59(64-56)40-15-4-3-5-16-40)39-28-26-38(27-29-39)42-17-14-32-62-37-42/h3-37H,1-2H3. The van der Waals surface area contributed by atoms with Crippen molar-refractivity contribution in [2.75, 3.05) is 0 Å². The van der Waals surface area contributed by atoms with E-state index in [2.05, 4.69) is 207 Å². The van der Waals surface area contributed by atoms with Gasteiger partial charge in [-0.05, 0) is 114 Å². The van der Waals surface area contributed by atoms with Crippen LogP contribution in [0.4, 0.5) is 0 Å². The van der Waals surface area contributed by atoms with Gasteiger partial charge in [-0.3, -0.25) is 4.98 Å². The lowest BCUT2D eigenvalue weighted by Gasteiger charge is -2.43. The second-order valence-electron chi connectivity index (χ2n) is 17.9. The zero-order valence-corrected chi connectivity index (χ0v) is 36.8. The molecule has 3 nitrogen and oxygen atoms in total. The summed E-state index contributed by atoms with van der Waals surface area (Å²) in [5, 5.41) is 0. The van der Waals surface area contributed by atoms with Crippen molar-refractivity contribution in [1.82, 2.24) is 15.0 Å². The summed E-state index contributed by atoms with van der Waals surface area (Å²) >= 11 is 1.91. The van der Waals surface area contributed by atoms with E-state index < -0.39 is 5.41 Å². The molecular weight excluding hydrogens is 807 g/mol. The van der Waals surface area contributed by atoms with Crippen LogP contribution < -0.4 is 0 Å². The molecule has 1 spiro atoms. The van der Waals surface area contributed by atoms with Gasteiger partial charge >= 0.3 is 0 Å². The summed E-state index contributed by atoms with van der Waals surface area (Å²) in [7, 11) is 0. The molecule has 306 valence electrons. The van der Waals surface area contributed by atoms with Gasteiger partial charge < -0.3 is 0 Å². The smallest absolute Gasteiger partial charge is 0.160 e. The fourth-order valence-corrected chi connectivity index (χ4v) is 12.2. The fraction of sp³-hybridized carbons (Fsp3) is 0.0656. The molecule has 0 saturated carbocycles. The molecule has 8 aromatic carbocycles. The number of pyridine rings is 1. The first-order valence-electron chi connectivity index (χ1n) is 22.3. The van der Waals surface area contributed by atoms with Crippen molar-refractivity contribution in [3.05, 3.63) is 246 Å². The van der Waals surface area contributed by atoms with Crippen molar-refractivity contribution in [1.29, 1.82) is 0 Å². The van der Waals surface area contributed by atoms with Crippen molar-refractivity contribution in [2.24, 2.45) is 0 Å². The predicted molar refractivity (Wildman–Crippen MR) is 266 cm³/mol. The Bertz CT molecular complexity index is 3540. The second kappa shape index (κ2) is 14.4. The van der Waals surface area contributed by atoms with Crippen molar-refractivity contribution >= 4 is 11.8 Å². The first kappa shape index (κ1) is 37.9. The van der Waals surface area contributed by atoms with Crippen LogP contribution in [0.15, 0.2) is 222 Å². The summed E-state index contributed by atoms with van der Waals surface area (Å²) in [6, 6.07) is 73.7. The van der Waals surface area contributed by atoms with E-state index in [1.807, 2.05) is 36.3 Å². The van der Waals surface area contributed by atoms with Gasteiger partial charge in [0.25, 0.3) is 0 Å². The Morgan fingerprint density at radius 3 is 1.68 bits per heavy atom.